The van der Waals surface area contributed by atoms with Gasteiger partial charge in [-0.2, -0.15) is 0 Å². The summed E-state index contributed by atoms with van der Waals surface area (Å²) in [6.07, 6.45) is 2.12. The quantitative estimate of drug-likeness (QED) is 0.501. The van der Waals surface area contributed by atoms with Crippen molar-refractivity contribution < 1.29 is 9.47 Å². The number of methoxy groups -OCH3 is 1. The Kier molecular flexibility index (Phi) is 8.77. The second-order valence-corrected chi connectivity index (χ2v) is 5.61. The molecule has 0 radical (unpaired) electrons. The molecule has 1 atom stereocenters. The van der Waals surface area contributed by atoms with E-state index in [9.17, 15) is 0 Å². The molecular formula is C12H25BrO2. The highest BCUT2D eigenvalue weighted by molar-refractivity contribution is 9.09. The summed E-state index contributed by atoms with van der Waals surface area (Å²) in [7, 11) is 1.72. The standard InChI is InChI=1S/C12H25BrO2/c1-12(2,3)11(10-13)6-9-15-8-5-7-14-4/h11H,5-10H2,1-4H3. The minimum Gasteiger partial charge on any atom is -0.385 e. The van der Waals surface area contributed by atoms with Crippen molar-refractivity contribution >= 4 is 15.9 Å². The Hall–Kier alpha value is 0.400. The lowest BCUT2D eigenvalue weighted by molar-refractivity contribution is 0.0837. The fourth-order valence-corrected chi connectivity index (χ4v) is 2.67. The Morgan fingerprint density at radius 2 is 1.80 bits per heavy atom. The monoisotopic (exact) mass is 280 g/mol. The van der Waals surface area contributed by atoms with Crippen LogP contribution in [0.2, 0.25) is 0 Å². The third-order valence-corrected chi connectivity index (χ3v) is 3.44. The summed E-state index contributed by atoms with van der Waals surface area (Å²) in [6.45, 7) is 9.31. The van der Waals surface area contributed by atoms with Crippen molar-refractivity contribution in [3.8, 4) is 0 Å². The lowest BCUT2D eigenvalue weighted by Crippen LogP contribution is -2.23. The molecule has 3 heteroatoms. The molecule has 0 N–H and O–H groups in total. The molecule has 0 amide bonds. The Morgan fingerprint density at radius 1 is 1.13 bits per heavy atom. The topological polar surface area (TPSA) is 18.5 Å². The Bertz CT molecular complexity index is 143. The van der Waals surface area contributed by atoms with E-state index in [1.807, 2.05) is 0 Å². The van der Waals surface area contributed by atoms with Crippen molar-refractivity contribution in [2.24, 2.45) is 11.3 Å². The van der Waals surface area contributed by atoms with Crippen LogP contribution in [-0.2, 0) is 9.47 Å². The van der Waals surface area contributed by atoms with Gasteiger partial charge < -0.3 is 9.47 Å². The van der Waals surface area contributed by atoms with Crippen LogP contribution >= 0.6 is 15.9 Å². The zero-order chi connectivity index (χ0) is 11.7. The summed E-state index contributed by atoms with van der Waals surface area (Å²) in [6, 6.07) is 0. The number of alkyl halides is 1. The highest BCUT2D eigenvalue weighted by atomic mass is 79.9. The summed E-state index contributed by atoms with van der Waals surface area (Å²) in [5, 5.41) is 1.05. The number of hydrogen-bond donors (Lipinski definition) is 0. The van der Waals surface area contributed by atoms with Gasteiger partial charge in [-0.05, 0) is 24.2 Å². The van der Waals surface area contributed by atoms with Crippen molar-refractivity contribution in [3.05, 3.63) is 0 Å². The maximum Gasteiger partial charge on any atom is 0.0487 e. The lowest BCUT2D eigenvalue weighted by atomic mass is 9.80. The highest BCUT2D eigenvalue weighted by Gasteiger charge is 2.22. The maximum atomic E-state index is 5.56. The Balaban J connectivity index is 3.48. The van der Waals surface area contributed by atoms with Gasteiger partial charge in [0.05, 0.1) is 0 Å². The zero-order valence-corrected chi connectivity index (χ0v) is 12.1. The second-order valence-electron chi connectivity index (χ2n) is 4.96. The predicted molar refractivity (Wildman–Crippen MR) is 68.7 cm³/mol. The fraction of sp³-hybridized carbons (Fsp3) is 1.00. The van der Waals surface area contributed by atoms with Gasteiger partial charge >= 0.3 is 0 Å². The van der Waals surface area contributed by atoms with Crippen molar-refractivity contribution in [2.45, 2.75) is 33.6 Å². The molecule has 0 aromatic rings. The summed E-state index contributed by atoms with van der Waals surface area (Å²) >= 11 is 3.57. The van der Waals surface area contributed by atoms with Crippen LogP contribution in [0.1, 0.15) is 33.6 Å². The van der Waals surface area contributed by atoms with E-state index >= 15 is 0 Å². The third kappa shape index (κ3) is 8.23. The predicted octanol–water partition coefficient (Wildman–Crippen LogP) is 3.49. The number of ether oxygens (including phenoxy) is 2. The van der Waals surface area contributed by atoms with Crippen LogP contribution in [0.15, 0.2) is 0 Å². The molecule has 0 aliphatic carbocycles. The molecule has 0 heterocycles. The zero-order valence-electron chi connectivity index (χ0n) is 10.5. The Labute approximate surface area is 103 Å². The number of hydrogen-bond acceptors (Lipinski definition) is 2. The average Bonchev–Trinajstić information content (AvgIpc) is 2.15. The molecule has 92 valence electrons. The molecule has 0 saturated carbocycles. The molecule has 0 bridgehead atoms. The van der Waals surface area contributed by atoms with E-state index in [-0.39, 0.29) is 0 Å². The SMILES string of the molecule is COCCCOCCC(CBr)C(C)(C)C. The number of halogens is 1. The first-order valence-electron chi connectivity index (χ1n) is 5.65. The van der Waals surface area contributed by atoms with Gasteiger partial charge in [0, 0.05) is 32.3 Å². The van der Waals surface area contributed by atoms with E-state index in [0.29, 0.717) is 11.3 Å². The van der Waals surface area contributed by atoms with E-state index in [1.54, 1.807) is 7.11 Å². The van der Waals surface area contributed by atoms with E-state index < -0.39 is 0 Å². The largest absolute Gasteiger partial charge is 0.385 e. The van der Waals surface area contributed by atoms with Crippen LogP contribution in [0.4, 0.5) is 0 Å². The first-order valence-corrected chi connectivity index (χ1v) is 6.77. The molecular weight excluding hydrogens is 256 g/mol. The minimum absolute atomic E-state index is 0.361. The van der Waals surface area contributed by atoms with Crippen LogP contribution in [0.3, 0.4) is 0 Å². The maximum absolute atomic E-state index is 5.56. The van der Waals surface area contributed by atoms with Crippen molar-refractivity contribution in [3.63, 3.8) is 0 Å². The highest BCUT2D eigenvalue weighted by Crippen LogP contribution is 2.30. The van der Waals surface area contributed by atoms with Gasteiger partial charge in [0.1, 0.15) is 0 Å². The molecule has 0 spiro atoms. The molecule has 2 nitrogen and oxygen atoms in total. The summed E-state index contributed by atoms with van der Waals surface area (Å²) in [5.74, 6) is 0.680. The molecule has 0 saturated heterocycles. The summed E-state index contributed by atoms with van der Waals surface area (Å²) in [5.41, 5.74) is 0.361. The van der Waals surface area contributed by atoms with Crippen molar-refractivity contribution in [1.29, 1.82) is 0 Å². The molecule has 0 aromatic carbocycles. The molecule has 0 aromatic heterocycles. The minimum atomic E-state index is 0.361. The summed E-state index contributed by atoms with van der Waals surface area (Å²) < 4.78 is 10.5. The van der Waals surface area contributed by atoms with Crippen molar-refractivity contribution in [1.82, 2.24) is 0 Å². The van der Waals surface area contributed by atoms with E-state index in [0.717, 1.165) is 38.0 Å². The van der Waals surface area contributed by atoms with Crippen molar-refractivity contribution in [2.75, 3.05) is 32.3 Å². The van der Waals surface area contributed by atoms with Crippen LogP contribution in [0.5, 0.6) is 0 Å². The number of rotatable bonds is 8. The smallest absolute Gasteiger partial charge is 0.0487 e. The molecule has 1 unspecified atom stereocenters. The molecule has 0 aliphatic rings. The van der Waals surface area contributed by atoms with Gasteiger partial charge in [0.15, 0.2) is 0 Å². The third-order valence-electron chi connectivity index (χ3n) is 2.66. The van der Waals surface area contributed by atoms with Gasteiger partial charge in [0.25, 0.3) is 0 Å². The van der Waals surface area contributed by atoms with Crippen LogP contribution in [0, 0.1) is 11.3 Å². The van der Waals surface area contributed by atoms with Gasteiger partial charge in [-0.15, -0.1) is 0 Å². The lowest BCUT2D eigenvalue weighted by Gasteiger charge is -2.29. The summed E-state index contributed by atoms with van der Waals surface area (Å²) in [4.78, 5) is 0. The van der Waals surface area contributed by atoms with Gasteiger partial charge in [0.2, 0.25) is 0 Å². The first kappa shape index (κ1) is 15.4. The van der Waals surface area contributed by atoms with Crippen LogP contribution in [0.25, 0.3) is 0 Å². The van der Waals surface area contributed by atoms with Crippen LogP contribution < -0.4 is 0 Å². The van der Waals surface area contributed by atoms with E-state index in [1.165, 1.54) is 0 Å². The van der Waals surface area contributed by atoms with Gasteiger partial charge in [-0.1, -0.05) is 36.7 Å². The Morgan fingerprint density at radius 3 is 2.27 bits per heavy atom. The average molecular weight is 281 g/mol. The normalized spacial score (nSPS) is 14.2. The fourth-order valence-electron chi connectivity index (χ4n) is 1.37. The van der Waals surface area contributed by atoms with Gasteiger partial charge in [-0.3, -0.25) is 0 Å². The first-order chi connectivity index (χ1) is 7.02. The second kappa shape index (κ2) is 8.54. The molecule has 15 heavy (non-hydrogen) atoms. The van der Waals surface area contributed by atoms with Crippen LogP contribution in [-0.4, -0.2) is 32.3 Å². The molecule has 0 fully saturated rings. The molecule has 0 aliphatic heterocycles. The van der Waals surface area contributed by atoms with E-state index in [2.05, 4.69) is 36.7 Å². The van der Waals surface area contributed by atoms with E-state index in [4.69, 9.17) is 9.47 Å². The molecule has 0 rings (SSSR count). The van der Waals surface area contributed by atoms with Gasteiger partial charge in [-0.25, -0.2) is 0 Å².